The second-order valence-electron chi connectivity index (χ2n) is 7.06. The molecule has 1 saturated carbocycles. The van der Waals surface area contributed by atoms with E-state index in [-0.39, 0.29) is 11.3 Å². The quantitative estimate of drug-likeness (QED) is 0.805. The summed E-state index contributed by atoms with van der Waals surface area (Å²) in [6.07, 6.45) is 5.93. The lowest BCUT2D eigenvalue weighted by atomic mass is 9.79. The lowest BCUT2D eigenvalue weighted by molar-refractivity contribution is 0.0511. The second kappa shape index (κ2) is 7.99. The van der Waals surface area contributed by atoms with Gasteiger partial charge in [-0.25, -0.2) is 0 Å². The smallest absolute Gasteiger partial charge is 0.251 e. The van der Waals surface area contributed by atoms with Crippen LogP contribution in [0, 0.1) is 5.41 Å². The number of amides is 1. The first kappa shape index (κ1) is 17.2. The van der Waals surface area contributed by atoms with Gasteiger partial charge in [-0.15, -0.1) is 0 Å². The molecule has 0 spiro atoms. The van der Waals surface area contributed by atoms with Gasteiger partial charge in [-0.05, 0) is 69.5 Å². The van der Waals surface area contributed by atoms with Crippen LogP contribution in [0.25, 0.3) is 0 Å². The molecule has 0 aromatic heterocycles. The average Bonchev–Trinajstić information content (AvgIpc) is 2.58. The monoisotopic (exact) mass is 332 g/mol. The van der Waals surface area contributed by atoms with Crippen molar-refractivity contribution in [1.29, 1.82) is 0 Å². The van der Waals surface area contributed by atoms with E-state index >= 15 is 0 Å². The number of nitrogens with one attached hydrogen (secondary N) is 2. The van der Waals surface area contributed by atoms with Crippen LogP contribution in [0.2, 0.25) is 0 Å². The molecule has 2 fully saturated rings. The fourth-order valence-corrected chi connectivity index (χ4v) is 3.37. The Morgan fingerprint density at radius 1 is 1.25 bits per heavy atom. The average molecular weight is 332 g/mol. The highest BCUT2D eigenvalue weighted by Crippen LogP contribution is 2.28. The molecule has 5 nitrogen and oxygen atoms in total. The van der Waals surface area contributed by atoms with Crippen molar-refractivity contribution >= 4 is 5.91 Å². The van der Waals surface area contributed by atoms with Crippen LogP contribution >= 0.6 is 0 Å². The van der Waals surface area contributed by atoms with Crippen molar-refractivity contribution in [2.75, 3.05) is 33.4 Å². The van der Waals surface area contributed by atoms with Crippen LogP contribution in [-0.4, -0.2) is 45.4 Å². The number of methoxy groups -OCH3 is 1. The van der Waals surface area contributed by atoms with Gasteiger partial charge in [0.2, 0.25) is 0 Å². The molecule has 1 amide bonds. The number of hydrogen-bond acceptors (Lipinski definition) is 4. The third-order valence-electron chi connectivity index (χ3n) is 5.21. The topological polar surface area (TPSA) is 59.6 Å². The van der Waals surface area contributed by atoms with Gasteiger partial charge in [0.25, 0.3) is 5.91 Å². The molecule has 0 bridgehead atoms. The van der Waals surface area contributed by atoms with Gasteiger partial charge >= 0.3 is 0 Å². The maximum absolute atomic E-state index is 12.4. The number of piperidine rings is 1. The van der Waals surface area contributed by atoms with Crippen molar-refractivity contribution in [3.8, 4) is 5.75 Å². The van der Waals surface area contributed by atoms with Crippen molar-refractivity contribution in [3.63, 3.8) is 0 Å². The van der Waals surface area contributed by atoms with E-state index in [4.69, 9.17) is 9.47 Å². The van der Waals surface area contributed by atoms with Crippen LogP contribution in [-0.2, 0) is 4.74 Å². The Hall–Kier alpha value is -1.59. The third kappa shape index (κ3) is 4.28. The third-order valence-corrected chi connectivity index (χ3v) is 5.21. The summed E-state index contributed by atoms with van der Waals surface area (Å²) < 4.78 is 11.2. The van der Waals surface area contributed by atoms with Gasteiger partial charge in [-0.2, -0.15) is 0 Å². The molecule has 2 N–H and O–H groups in total. The first-order valence-electron chi connectivity index (χ1n) is 8.95. The van der Waals surface area contributed by atoms with E-state index in [1.165, 1.54) is 6.42 Å². The predicted molar refractivity (Wildman–Crippen MR) is 93.5 cm³/mol. The molecule has 0 atom stereocenters. The van der Waals surface area contributed by atoms with Crippen LogP contribution in [0.3, 0.4) is 0 Å². The van der Waals surface area contributed by atoms with Gasteiger partial charge in [0, 0.05) is 24.6 Å². The van der Waals surface area contributed by atoms with Gasteiger partial charge in [0.05, 0.1) is 12.7 Å². The molecule has 0 unspecified atom stereocenters. The summed E-state index contributed by atoms with van der Waals surface area (Å²) in [5.74, 6) is 0.824. The fraction of sp³-hybridized carbons (Fsp3) is 0.632. The van der Waals surface area contributed by atoms with Crippen LogP contribution in [0.5, 0.6) is 5.75 Å². The van der Waals surface area contributed by atoms with Crippen molar-refractivity contribution in [1.82, 2.24) is 10.6 Å². The zero-order chi connectivity index (χ0) is 16.8. The van der Waals surface area contributed by atoms with Crippen molar-refractivity contribution < 1.29 is 14.3 Å². The van der Waals surface area contributed by atoms with Gasteiger partial charge in [-0.1, -0.05) is 0 Å². The highest BCUT2D eigenvalue weighted by atomic mass is 16.5. The van der Waals surface area contributed by atoms with E-state index < -0.39 is 0 Å². The van der Waals surface area contributed by atoms with E-state index in [1.54, 1.807) is 7.11 Å². The van der Waals surface area contributed by atoms with E-state index in [9.17, 15) is 4.79 Å². The number of rotatable bonds is 7. The van der Waals surface area contributed by atoms with Crippen molar-refractivity contribution in [3.05, 3.63) is 29.8 Å². The molecule has 1 heterocycles. The Kier molecular flexibility index (Phi) is 5.74. The standard InChI is InChI=1S/C19H28N2O3/c1-23-14-19(9-11-20-12-10-19)13-21-18(22)15-5-7-17(8-6-15)24-16-3-2-4-16/h5-8,16,20H,2-4,9-14H2,1H3,(H,21,22). The van der Waals surface area contributed by atoms with Crippen molar-refractivity contribution in [2.45, 2.75) is 38.2 Å². The molecular formula is C19H28N2O3. The Bertz CT molecular complexity index is 529. The number of benzene rings is 1. The molecule has 1 aromatic carbocycles. The summed E-state index contributed by atoms with van der Waals surface area (Å²) in [5, 5.41) is 6.46. The van der Waals surface area contributed by atoms with Crippen LogP contribution in [0.15, 0.2) is 24.3 Å². The highest BCUT2D eigenvalue weighted by molar-refractivity contribution is 5.94. The van der Waals surface area contributed by atoms with Crippen LogP contribution < -0.4 is 15.4 Å². The van der Waals surface area contributed by atoms with Gasteiger partial charge in [0.15, 0.2) is 0 Å². The molecule has 132 valence electrons. The number of carbonyl (C=O) groups is 1. The Morgan fingerprint density at radius 2 is 1.96 bits per heavy atom. The number of ether oxygens (including phenoxy) is 2. The van der Waals surface area contributed by atoms with Gasteiger partial charge in [0.1, 0.15) is 5.75 Å². The molecular weight excluding hydrogens is 304 g/mol. The molecule has 3 rings (SSSR count). The first-order valence-corrected chi connectivity index (χ1v) is 8.95. The number of hydrogen-bond donors (Lipinski definition) is 2. The summed E-state index contributed by atoms with van der Waals surface area (Å²) in [7, 11) is 1.73. The molecule has 1 aliphatic carbocycles. The van der Waals surface area contributed by atoms with Crippen molar-refractivity contribution in [2.24, 2.45) is 5.41 Å². The van der Waals surface area contributed by atoms with Crippen LogP contribution in [0.1, 0.15) is 42.5 Å². The predicted octanol–water partition coefficient (Wildman–Crippen LogP) is 2.36. The molecule has 2 aliphatic rings. The maximum atomic E-state index is 12.4. The van der Waals surface area contributed by atoms with E-state index in [0.717, 1.165) is 44.5 Å². The van der Waals surface area contributed by atoms with E-state index in [2.05, 4.69) is 10.6 Å². The lowest BCUT2D eigenvalue weighted by Crippen LogP contribution is -2.47. The normalized spacial score (nSPS) is 20.2. The zero-order valence-electron chi connectivity index (χ0n) is 14.5. The Labute approximate surface area is 144 Å². The Morgan fingerprint density at radius 3 is 2.54 bits per heavy atom. The molecule has 1 aromatic rings. The summed E-state index contributed by atoms with van der Waals surface area (Å²) in [6.45, 7) is 3.30. The van der Waals surface area contributed by atoms with E-state index in [0.29, 0.717) is 24.8 Å². The Balaban J connectivity index is 1.53. The summed E-state index contributed by atoms with van der Waals surface area (Å²) in [4.78, 5) is 12.4. The maximum Gasteiger partial charge on any atom is 0.251 e. The largest absolute Gasteiger partial charge is 0.490 e. The SMILES string of the molecule is COCC1(CNC(=O)c2ccc(OC3CCC3)cc2)CCNCC1. The summed E-state index contributed by atoms with van der Waals surface area (Å²) in [6, 6.07) is 7.47. The first-order chi connectivity index (χ1) is 11.7. The molecule has 0 radical (unpaired) electrons. The zero-order valence-corrected chi connectivity index (χ0v) is 14.5. The molecule has 5 heteroatoms. The van der Waals surface area contributed by atoms with E-state index in [1.807, 2.05) is 24.3 Å². The van der Waals surface area contributed by atoms with Gasteiger partial charge < -0.3 is 20.1 Å². The number of carbonyl (C=O) groups excluding carboxylic acids is 1. The minimum atomic E-state index is -0.0285. The molecule has 24 heavy (non-hydrogen) atoms. The fourth-order valence-electron chi connectivity index (χ4n) is 3.37. The minimum Gasteiger partial charge on any atom is -0.490 e. The molecule has 1 saturated heterocycles. The summed E-state index contributed by atoms with van der Waals surface area (Å²) >= 11 is 0. The second-order valence-corrected chi connectivity index (χ2v) is 7.06. The molecule has 1 aliphatic heterocycles. The highest BCUT2D eigenvalue weighted by Gasteiger charge is 2.32. The lowest BCUT2D eigenvalue weighted by Gasteiger charge is -2.37. The summed E-state index contributed by atoms with van der Waals surface area (Å²) in [5.41, 5.74) is 0.723. The van der Waals surface area contributed by atoms with Gasteiger partial charge in [-0.3, -0.25) is 4.79 Å². The van der Waals surface area contributed by atoms with Crippen LogP contribution in [0.4, 0.5) is 0 Å². The minimum absolute atomic E-state index is 0.0285.